The van der Waals surface area contributed by atoms with E-state index in [0.717, 1.165) is 38.2 Å². The average molecular weight is 399 g/mol. The van der Waals surface area contributed by atoms with E-state index in [1.54, 1.807) is 7.11 Å². The fraction of sp³-hybridized carbons (Fsp3) is 0.500. The van der Waals surface area contributed by atoms with Crippen molar-refractivity contribution < 1.29 is 14.6 Å². The molecule has 1 saturated heterocycles. The second kappa shape index (κ2) is 11.8. The standard InChI is InChI=1S/C24H34N2O3/c1-28-23-11-10-21(17-25-13-12-20-8-4-2-5-9-20)16-24(23)29-19-22(27)18-26-14-6-3-7-15-26/h2,4-5,8-11,16,22,25,27H,3,6-7,12-15,17-19H2,1H3/t22-/m0/s1. The zero-order valence-electron chi connectivity index (χ0n) is 17.5. The van der Waals surface area contributed by atoms with E-state index in [2.05, 4.69) is 34.5 Å². The third-order valence-corrected chi connectivity index (χ3v) is 5.34. The van der Waals surface area contributed by atoms with E-state index in [-0.39, 0.29) is 6.61 Å². The molecule has 29 heavy (non-hydrogen) atoms. The van der Waals surface area contributed by atoms with Crippen molar-refractivity contribution in [3.63, 3.8) is 0 Å². The van der Waals surface area contributed by atoms with Crippen molar-refractivity contribution >= 4 is 0 Å². The van der Waals surface area contributed by atoms with Crippen LogP contribution in [0.3, 0.4) is 0 Å². The molecule has 1 atom stereocenters. The monoisotopic (exact) mass is 398 g/mol. The maximum Gasteiger partial charge on any atom is 0.161 e. The topological polar surface area (TPSA) is 54.0 Å². The van der Waals surface area contributed by atoms with Crippen LogP contribution in [-0.4, -0.2) is 56.0 Å². The third kappa shape index (κ3) is 7.35. The molecule has 0 aromatic heterocycles. The molecule has 2 aromatic carbocycles. The quantitative estimate of drug-likeness (QED) is 0.569. The van der Waals surface area contributed by atoms with Gasteiger partial charge < -0.3 is 24.8 Å². The summed E-state index contributed by atoms with van der Waals surface area (Å²) in [5.41, 5.74) is 2.47. The molecule has 1 heterocycles. The Morgan fingerprint density at radius 3 is 2.55 bits per heavy atom. The highest BCUT2D eigenvalue weighted by Crippen LogP contribution is 2.28. The lowest BCUT2D eigenvalue weighted by molar-refractivity contribution is 0.0608. The van der Waals surface area contributed by atoms with Gasteiger partial charge >= 0.3 is 0 Å². The van der Waals surface area contributed by atoms with Crippen LogP contribution in [-0.2, 0) is 13.0 Å². The SMILES string of the molecule is COc1ccc(CNCCc2ccccc2)cc1OC[C@@H](O)CN1CCCCC1. The first-order chi connectivity index (χ1) is 14.2. The third-order valence-electron chi connectivity index (χ3n) is 5.34. The van der Waals surface area contributed by atoms with Gasteiger partial charge in [-0.15, -0.1) is 0 Å². The Balaban J connectivity index is 1.46. The molecule has 0 radical (unpaired) electrons. The molecule has 0 bridgehead atoms. The molecule has 1 fully saturated rings. The molecule has 0 spiro atoms. The van der Waals surface area contributed by atoms with Crippen LogP contribution in [0, 0.1) is 0 Å². The molecule has 2 N–H and O–H groups in total. The van der Waals surface area contributed by atoms with Crippen LogP contribution >= 0.6 is 0 Å². The van der Waals surface area contributed by atoms with Crippen molar-refractivity contribution in [1.29, 1.82) is 0 Å². The number of benzene rings is 2. The number of aliphatic hydroxyl groups is 1. The smallest absolute Gasteiger partial charge is 0.161 e. The highest BCUT2D eigenvalue weighted by atomic mass is 16.5. The van der Waals surface area contributed by atoms with Gasteiger partial charge in [0.25, 0.3) is 0 Å². The van der Waals surface area contributed by atoms with Crippen molar-refractivity contribution in [3.8, 4) is 11.5 Å². The van der Waals surface area contributed by atoms with E-state index >= 15 is 0 Å². The first-order valence-electron chi connectivity index (χ1n) is 10.7. The molecule has 0 unspecified atom stereocenters. The molecule has 1 aliphatic rings. The van der Waals surface area contributed by atoms with Gasteiger partial charge in [0.05, 0.1) is 7.11 Å². The van der Waals surface area contributed by atoms with Crippen LogP contribution in [0.5, 0.6) is 11.5 Å². The normalized spacial score (nSPS) is 15.8. The molecule has 0 saturated carbocycles. The second-order valence-electron chi connectivity index (χ2n) is 7.72. The zero-order chi connectivity index (χ0) is 20.3. The number of nitrogens with zero attached hydrogens (tertiary/aromatic N) is 1. The summed E-state index contributed by atoms with van der Waals surface area (Å²) in [5, 5.41) is 13.8. The molecular weight excluding hydrogens is 364 g/mol. The minimum absolute atomic E-state index is 0.276. The van der Waals surface area contributed by atoms with Gasteiger partial charge in [-0.25, -0.2) is 0 Å². The predicted molar refractivity (Wildman–Crippen MR) is 117 cm³/mol. The van der Waals surface area contributed by atoms with Crippen LogP contribution in [0.4, 0.5) is 0 Å². The number of methoxy groups -OCH3 is 1. The first-order valence-corrected chi connectivity index (χ1v) is 10.7. The number of hydrogen-bond acceptors (Lipinski definition) is 5. The van der Waals surface area contributed by atoms with Crippen molar-refractivity contribution in [3.05, 3.63) is 59.7 Å². The number of hydrogen-bond donors (Lipinski definition) is 2. The summed E-state index contributed by atoms with van der Waals surface area (Å²) < 4.78 is 11.3. The van der Waals surface area contributed by atoms with E-state index in [4.69, 9.17) is 9.47 Å². The Morgan fingerprint density at radius 1 is 1.00 bits per heavy atom. The number of aliphatic hydroxyl groups excluding tert-OH is 1. The van der Waals surface area contributed by atoms with Gasteiger partial charge in [-0.2, -0.15) is 0 Å². The zero-order valence-corrected chi connectivity index (χ0v) is 17.5. The maximum atomic E-state index is 10.4. The number of β-amino-alcohol motifs (C(OH)–C–C–N with tert-alkyl or cyclic N) is 1. The van der Waals surface area contributed by atoms with E-state index in [1.807, 2.05) is 24.3 Å². The molecule has 2 aromatic rings. The molecule has 0 aliphatic carbocycles. The van der Waals surface area contributed by atoms with Gasteiger partial charge in [0.15, 0.2) is 11.5 Å². The van der Waals surface area contributed by atoms with Crippen LogP contribution in [0.15, 0.2) is 48.5 Å². The summed E-state index contributed by atoms with van der Waals surface area (Å²) in [6.45, 7) is 4.78. The molecule has 5 heteroatoms. The van der Waals surface area contributed by atoms with E-state index < -0.39 is 6.10 Å². The summed E-state index contributed by atoms with van der Waals surface area (Å²) in [6.07, 6.45) is 4.25. The Kier molecular flexibility index (Phi) is 8.81. The number of ether oxygens (including phenoxy) is 2. The lowest BCUT2D eigenvalue weighted by Crippen LogP contribution is -2.38. The summed E-state index contributed by atoms with van der Waals surface area (Å²) >= 11 is 0. The summed E-state index contributed by atoms with van der Waals surface area (Å²) in [4.78, 5) is 2.32. The minimum Gasteiger partial charge on any atom is -0.493 e. The van der Waals surface area contributed by atoms with Gasteiger partial charge in [0, 0.05) is 13.1 Å². The van der Waals surface area contributed by atoms with E-state index in [9.17, 15) is 5.11 Å². The molecule has 1 aliphatic heterocycles. The second-order valence-corrected chi connectivity index (χ2v) is 7.72. The Hall–Kier alpha value is -2.08. The molecule has 3 rings (SSSR count). The predicted octanol–water partition coefficient (Wildman–Crippen LogP) is 3.25. The van der Waals surface area contributed by atoms with E-state index in [1.165, 1.54) is 24.8 Å². The largest absolute Gasteiger partial charge is 0.493 e. The fourth-order valence-electron chi connectivity index (χ4n) is 3.73. The Morgan fingerprint density at radius 2 is 1.79 bits per heavy atom. The Bertz CT molecular complexity index is 717. The summed E-state index contributed by atoms with van der Waals surface area (Å²) in [6, 6.07) is 16.5. The van der Waals surface area contributed by atoms with Crippen LogP contribution < -0.4 is 14.8 Å². The van der Waals surface area contributed by atoms with Crippen LogP contribution in [0.1, 0.15) is 30.4 Å². The number of piperidine rings is 1. The van der Waals surface area contributed by atoms with Gasteiger partial charge in [-0.1, -0.05) is 42.8 Å². The maximum absolute atomic E-state index is 10.4. The van der Waals surface area contributed by atoms with Crippen molar-refractivity contribution in [2.75, 3.05) is 39.9 Å². The van der Waals surface area contributed by atoms with Crippen LogP contribution in [0.25, 0.3) is 0 Å². The van der Waals surface area contributed by atoms with E-state index in [0.29, 0.717) is 18.0 Å². The first kappa shape index (κ1) is 21.6. The molecule has 158 valence electrons. The van der Waals surface area contributed by atoms with Gasteiger partial charge in [-0.3, -0.25) is 0 Å². The minimum atomic E-state index is -0.495. The lowest BCUT2D eigenvalue weighted by atomic mass is 10.1. The van der Waals surface area contributed by atoms with Gasteiger partial charge in [0.1, 0.15) is 12.7 Å². The fourth-order valence-corrected chi connectivity index (χ4v) is 3.73. The average Bonchev–Trinajstić information content (AvgIpc) is 2.77. The highest BCUT2D eigenvalue weighted by molar-refractivity contribution is 5.43. The van der Waals surface area contributed by atoms with Crippen LogP contribution in [0.2, 0.25) is 0 Å². The Labute approximate surface area is 174 Å². The lowest BCUT2D eigenvalue weighted by Gasteiger charge is -2.28. The van der Waals surface area contributed by atoms with Crippen molar-refractivity contribution in [2.45, 2.75) is 38.3 Å². The summed E-state index contributed by atoms with van der Waals surface area (Å²) in [7, 11) is 1.64. The molecule has 5 nitrogen and oxygen atoms in total. The van der Waals surface area contributed by atoms with Gasteiger partial charge in [0.2, 0.25) is 0 Å². The molecular formula is C24H34N2O3. The highest BCUT2D eigenvalue weighted by Gasteiger charge is 2.16. The molecule has 0 amide bonds. The van der Waals surface area contributed by atoms with Crippen molar-refractivity contribution in [1.82, 2.24) is 10.2 Å². The van der Waals surface area contributed by atoms with Gasteiger partial charge in [-0.05, 0) is 62.2 Å². The number of rotatable bonds is 11. The summed E-state index contributed by atoms with van der Waals surface area (Å²) in [5.74, 6) is 1.38. The number of likely N-dealkylation sites (tertiary alicyclic amines) is 1. The van der Waals surface area contributed by atoms with Crippen molar-refractivity contribution in [2.24, 2.45) is 0 Å². The number of nitrogens with one attached hydrogen (secondary N) is 1.